The Balaban J connectivity index is 2.54. The summed E-state index contributed by atoms with van der Waals surface area (Å²) in [5.41, 5.74) is 5.78. The van der Waals surface area contributed by atoms with Gasteiger partial charge in [0, 0.05) is 18.1 Å². The third-order valence-electron chi connectivity index (χ3n) is 3.40. The van der Waals surface area contributed by atoms with E-state index in [1.54, 1.807) is 0 Å². The van der Waals surface area contributed by atoms with Gasteiger partial charge in [-0.05, 0) is 26.2 Å². The van der Waals surface area contributed by atoms with Crippen LogP contribution in [-0.2, 0) is 9.53 Å². The quantitative estimate of drug-likeness (QED) is 0.702. The van der Waals surface area contributed by atoms with Gasteiger partial charge in [0.1, 0.15) is 0 Å². The minimum atomic E-state index is -0.756. The molecule has 0 aromatic heterocycles. The van der Waals surface area contributed by atoms with Crippen LogP contribution in [0.15, 0.2) is 0 Å². The van der Waals surface area contributed by atoms with E-state index in [1.807, 2.05) is 13.8 Å². The van der Waals surface area contributed by atoms with Crippen LogP contribution in [0.5, 0.6) is 0 Å². The lowest BCUT2D eigenvalue weighted by Crippen LogP contribution is -2.54. The predicted octanol–water partition coefficient (Wildman–Crippen LogP) is 1.38. The highest BCUT2D eigenvalue weighted by molar-refractivity contribution is 5.68. The van der Waals surface area contributed by atoms with Gasteiger partial charge in [0.15, 0.2) is 0 Å². The number of carboxylic acids is 1. The van der Waals surface area contributed by atoms with E-state index in [-0.39, 0.29) is 24.0 Å². The van der Waals surface area contributed by atoms with Crippen LogP contribution in [-0.4, -0.2) is 29.8 Å². The molecule has 3 N–H and O–H groups in total. The van der Waals surface area contributed by atoms with Crippen molar-refractivity contribution in [2.24, 2.45) is 11.1 Å². The van der Waals surface area contributed by atoms with Crippen molar-refractivity contribution >= 4 is 5.97 Å². The first-order valence-corrected chi connectivity index (χ1v) is 5.63. The number of carbonyl (C=O) groups is 1. The van der Waals surface area contributed by atoms with Crippen molar-refractivity contribution in [1.29, 1.82) is 0 Å². The smallest absolute Gasteiger partial charge is 0.303 e. The Labute approximate surface area is 90.8 Å². The van der Waals surface area contributed by atoms with Gasteiger partial charge in [0.2, 0.25) is 0 Å². The first kappa shape index (κ1) is 12.5. The molecule has 0 saturated heterocycles. The van der Waals surface area contributed by atoms with Crippen molar-refractivity contribution in [3.63, 3.8) is 0 Å². The molecule has 0 amide bonds. The molecule has 1 aliphatic rings. The normalized spacial score (nSPS) is 32.1. The van der Waals surface area contributed by atoms with Crippen molar-refractivity contribution in [3.8, 4) is 0 Å². The predicted molar refractivity (Wildman–Crippen MR) is 57.6 cm³/mol. The summed E-state index contributed by atoms with van der Waals surface area (Å²) in [6.45, 7) is 4.65. The first-order valence-electron chi connectivity index (χ1n) is 5.63. The molecule has 1 atom stereocenters. The molecule has 1 aliphatic carbocycles. The van der Waals surface area contributed by atoms with E-state index in [0.717, 1.165) is 19.3 Å². The van der Waals surface area contributed by atoms with Crippen LogP contribution in [0.1, 0.15) is 39.5 Å². The van der Waals surface area contributed by atoms with Crippen LogP contribution in [0.4, 0.5) is 0 Å². The molecule has 15 heavy (non-hydrogen) atoms. The summed E-state index contributed by atoms with van der Waals surface area (Å²) in [5.74, 6) is -0.756. The SMILES string of the molecule is CCOC1CC(CC(=O)O)(C(N)CC)C1. The molecule has 0 spiro atoms. The molecule has 1 rings (SSSR count). The molecule has 0 aromatic carbocycles. The van der Waals surface area contributed by atoms with Gasteiger partial charge in [-0.15, -0.1) is 0 Å². The molecule has 88 valence electrons. The summed E-state index contributed by atoms with van der Waals surface area (Å²) in [7, 11) is 0. The maximum Gasteiger partial charge on any atom is 0.303 e. The zero-order valence-corrected chi connectivity index (χ0v) is 9.53. The van der Waals surface area contributed by atoms with E-state index in [4.69, 9.17) is 15.6 Å². The number of nitrogens with two attached hydrogens (primary N) is 1. The molecule has 1 unspecified atom stereocenters. The fraction of sp³-hybridized carbons (Fsp3) is 0.909. The van der Waals surface area contributed by atoms with Crippen LogP contribution in [0.2, 0.25) is 0 Å². The molecule has 4 nitrogen and oxygen atoms in total. The van der Waals surface area contributed by atoms with Crippen LogP contribution in [0, 0.1) is 5.41 Å². The third kappa shape index (κ3) is 2.69. The van der Waals surface area contributed by atoms with Gasteiger partial charge >= 0.3 is 5.97 Å². The van der Waals surface area contributed by atoms with E-state index in [9.17, 15) is 4.79 Å². The number of rotatable bonds is 6. The number of carboxylic acid groups (broad SMARTS) is 1. The Kier molecular flexibility index (Phi) is 4.11. The largest absolute Gasteiger partial charge is 0.481 e. The lowest BCUT2D eigenvalue weighted by Gasteiger charge is -2.50. The first-order chi connectivity index (χ1) is 7.04. The summed E-state index contributed by atoms with van der Waals surface area (Å²) in [5, 5.41) is 8.88. The zero-order valence-electron chi connectivity index (χ0n) is 9.53. The molecular formula is C11H21NO3. The molecule has 0 aliphatic heterocycles. The van der Waals surface area contributed by atoms with Gasteiger partial charge in [-0.1, -0.05) is 6.92 Å². The average molecular weight is 215 g/mol. The van der Waals surface area contributed by atoms with Crippen LogP contribution < -0.4 is 5.73 Å². The van der Waals surface area contributed by atoms with Gasteiger partial charge in [-0.2, -0.15) is 0 Å². The van der Waals surface area contributed by atoms with E-state index in [0.29, 0.717) is 6.61 Å². The highest BCUT2D eigenvalue weighted by Gasteiger charge is 2.49. The summed E-state index contributed by atoms with van der Waals surface area (Å²) in [6.07, 6.45) is 2.80. The minimum absolute atomic E-state index is 0.0229. The molecule has 0 radical (unpaired) electrons. The zero-order chi connectivity index (χ0) is 11.5. The average Bonchev–Trinajstić information content (AvgIpc) is 2.12. The van der Waals surface area contributed by atoms with E-state index in [2.05, 4.69) is 0 Å². The van der Waals surface area contributed by atoms with Crippen LogP contribution >= 0.6 is 0 Å². The van der Waals surface area contributed by atoms with Gasteiger partial charge in [0.05, 0.1) is 12.5 Å². The molecule has 0 bridgehead atoms. The lowest BCUT2D eigenvalue weighted by atomic mass is 9.60. The molecule has 1 saturated carbocycles. The topological polar surface area (TPSA) is 72.5 Å². The molecule has 4 heteroatoms. The van der Waals surface area contributed by atoms with E-state index < -0.39 is 5.97 Å². The fourth-order valence-electron chi connectivity index (χ4n) is 2.51. The lowest BCUT2D eigenvalue weighted by molar-refractivity contribution is -0.148. The van der Waals surface area contributed by atoms with Crippen LogP contribution in [0.3, 0.4) is 0 Å². The maximum absolute atomic E-state index is 10.8. The number of hydrogen-bond acceptors (Lipinski definition) is 3. The van der Waals surface area contributed by atoms with Gasteiger partial charge in [0.25, 0.3) is 0 Å². The summed E-state index contributed by atoms with van der Waals surface area (Å²) < 4.78 is 5.46. The van der Waals surface area contributed by atoms with Crippen molar-refractivity contribution in [3.05, 3.63) is 0 Å². The van der Waals surface area contributed by atoms with Crippen molar-refractivity contribution in [2.75, 3.05) is 6.61 Å². The molecule has 0 heterocycles. The van der Waals surface area contributed by atoms with Gasteiger partial charge in [-0.25, -0.2) is 0 Å². The second-order valence-corrected chi connectivity index (χ2v) is 4.43. The fourth-order valence-corrected chi connectivity index (χ4v) is 2.51. The Morgan fingerprint density at radius 3 is 2.60 bits per heavy atom. The Morgan fingerprint density at radius 1 is 1.60 bits per heavy atom. The highest BCUT2D eigenvalue weighted by atomic mass is 16.5. The highest BCUT2D eigenvalue weighted by Crippen LogP contribution is 2.48. The summed E-state index contributed by atoms with van der Waals surface area (Å²) in [6, 6.07) is -0.0229. The monoisotopic (exact) mass is 215 g/mol. The Bertz CT molecular complexity index is 224. The summed E-state index contributed by atoms with van der Waals surface area (Å²) >= 11 is 0. The van der Waals surface area contributed by atoms with Crippen LogP contribution in [0.25, 0.3) is 0 Å². The molecule has 0 aromatic rings. The number of ether oxygens (including phenoxy) is 1. The Morgan fingerprint density at radius 2 is 2.20 bits per heavy atom. The standard InChI is InChI=1S/C11H21NO3/c1-3-9(12)11(7-10(13)14)5-8(6-11)15-4-2/h8-9H,3-7,12H2,1-2H3,(H,13,14). The second-order valence-electron chi connectivity index (χ2n) is 4.43. The van der Waals surface area contributed by atoms with Crippen molar-refractivity contribution < 1.29 is 14.6 Å². The Hall–Kier alpha value is -0.610. The third-order valence-corrected chi connectivity index (χ3v) is 3.40. The van der Waals surface area contributed by atoms with Crippen molar-refractivity contribution in [1.82, 2.24) is 0 Å². The number of hydrogen-bond donors (Lipinski definition) is 2. The minimum Gasteiger partial charge on any atom is -0.481 e. The van der Waals surface area contributed by atoms with Crippen molar-refractivity contribution in [2.45, 2.75) is 51.7 Å². The van der Waals surface area contributed by atoms with Gasteiger partial charge in [-0.3, -0.25) is 4.79 Å². The molecular weight excluding hydrogens is 194 g/mol. The number of aliphatic carboxylic acids is 1. The van der Waals surface area contributed by atoms with Gasteiger partial charge < -0.3 is 15.6 Å². The molecule has 1 fully saturated rings. The van der Waals surface area contributed by atoms with E-state index in [1.165, 1.54) is 0 Å². The summed E-state index contributed by atoms with van der Waals surface area (Å²) in [4.78, 5) is 10.8. The maximum atomic E-state index is 10.8. The second kappa shape index (κ2) is 4.94. The van der Waals surface area contributed by atoms with E-state index >= 15 is 0 Å².